The van der Waals surface area contributed by atoms with Gasteiger partial charge in [-0.1, -0.05) is 0 Å². The summed E-state index contributed by atoms with van der Waals surface area (Å²) in [4.78, 5) is 13.9. The molecule has 0 fully saturated rings. The van der Waals surface area contributed by atoms with Crippen molar-refractivity contribution in [2.45, 2.75) is 58.9 Å². The van der Waals surface area contributed by atoms with Crippen LogP contribution in [0.25, 0.3) is 0 Å². The van der Waals surface area contributed by atoms with Gasteiger partial charge >= 0.3 is 6.18 Å². The van der Waals surface area contributed by atoms with E-state index in [2.05, 4.69) is 5.10 Å². The lowest BCUT2D eigenvalue weighted by molar-refractivity contribution is -0.143. The molecule has 2 unspecified atom stereocenters. The van der Waals surface area contributed by atoms with E-state index >= 15 is 0 Å². The summed E-state index contributed by atoms with van der Waals surface area (Å²) in [6, 6.07) is 0. The maximum atomic E-state index is 12.6. The van der Waals surface area contributed by atoms with E-state index in [4.69, 9.17) is 0 Å². The molecule has 1 N–H and O–H groups in total. The quantitative estimate of drug-likeness (QED) is 0.868. The van der Waals surface area contributed by atoms with E-state index in [9.17, 15) is 23.1 Å². The number of carbonyl (C=O) groups is 1. The van der Waals surface area contributed by atoms with Crippen LogP contribution in [-0.2, 0) is 11.3 Å². The Hall–Kier alpha value is -1.57. The molecule has 0 aliphatic carbocycles. The SMILES string of the molecule is Cc1nn(CC(F)(F)F)c(C)c1C(C)C(=O)N(C)CCC(C)O. The van der Waals surface area contributed by atoms with Crippen LogP contribution in [0.2, 0.25) is 0 Å². The molecule has 0 aromatic carbocycles. The molecule has 0 bridgehead atoms. The summed E-state index contributed by atoms with van der Waals surface area (Å²) in [5.41, 5.74) is 1.31. The maximum Gasteiger partial charge on any atom is 0.408 e. The third kappa shape index (κ3) is 5.23. The number of aliphatic hydroxyl groups is 1. The monoisotopic (exact) mass is 335 g/mol. The molecule has 8 heteroatoms. The van der Waals surface area contributed by atoms with Crippen molar-refractivity contribution in [1.29, 1.82) is 0 Å². The van der Waals surface area contributed by atoms with Crippen LogP contribution in [0.3, 0.4) is 0 Å². The number of aryl methyl sites for hydroxylation is 1. The van der Waals surface area contributed by atoms with Crippen molar-refractivity contribution in [2.75, 3.05) is 13.6 Å². The number of rotatable bonds is 6. The lowest BCUT2D eigenvalue weighted by Crippen LogP contribution is -2.33. The highest BCUT2D eigenvalue weighted by Gasteiger charge is 2.32. The van der Waals surface area contributed by atoms with Gasteiger partial charge in [-0.3, -0.25) is 9.48 Å². The highest BCUT2D eigenvalue weighted by Crippen LogP contribution is 2.27. The Kier molecular flexibility index (Phi) is 6.21. The zero-order valence-electron chi connectivity index (χ0n) is 14.1. The van der Waals surface area contributed by atoms with Crippen LogP contribution in [0, 0.1) is 13.8 Å². The molecule has 23 heavy (non-hydrogen) atoms. The molecule has 0 saturated carbocycles. The van der Waals surface area contributed by atoms with Gasteiger partial charge in [0.25, 0.3) is 0 Å². The van der Waals surface area contributed by atoms with Gasteiger partial charge in [0.05, 0.1) is 17.7 Å². The van der Waals surface area contributed by atoms with Crippen LogP contribution >= 0.6 is 0 Å². The molecule has 0 aliphatic heterocycles. The smallest absolute Gasteiger partial charge is 0.393 e. The Balaban J connectivity index is 2.95. The van der Waals surface area contributed by atoms with Crippen LogP contribution in [0.5, 0.6) is 0 Å². The molecular weight excluding hydrogens is 311 g/mol. The minimum absolute atomic E-state index is 0.205. The minimum Gasteiger partial charge on any atom is -0.393 e. The average Bonchev–Trinajstić information content (AvgIpc) is 2.67. The third-order valence-electron chi connectivity index (χ3n) is 3.83. The van der Waals surface area contributed by atoms with Gasteiger partial charge in [0.1, 0.15) is 6.54 Å². The maximum absolute atomic E-state index is 12.6. The summed E-state index contributed by atoms with van der Waals surface area (Å²) in [7, 11) is 1.62. The number of nitrogens with zero attached hydrogens (tertiary/aromatic N) is 3. The standard InChI is InChI=1S/C15H24F3N3O2/c1-9(22)6-7-20(5)14(23)10(2)13-11(3)19-21(12(13)4)8-15(16,17)18/h9-10,22H,6-8H2,1-5H3. The van der Waals surface area contributed by atoms with E-state index < -0.39 is 24.7 Å². The number of alkyl halides is 3. The number of aromatic nitrogens is 2. The van der Waals surface area contributed by atoms with E-state index in [1.807, 2.05) is 0 Å². The Labute approximate surface area is 134 Å². The second-order valence-corrected chi connectivity index (χ2v) is 5.98. The lowest BCUT2D eigenvalue weighted by Gasteiger charge is -2.22. The van der Waals surface area contributed by atoms with Crippen molar-refractivity contribution in [2.24, 2.45) is 0 Å². The van der Waals surface area contributed by atoms with Crippen LogP contribution < -0.4 is 0 Å². The molecule has 2 atom stereocenters. The number of amides is 1. The van der Waals surface area contributed by atoms with Gasteiger partial charge in [-0.25, -0.2) is 0 Å². The van der Waals surface area contributed by atoms with Crippen LogP contribution in [0.1, 0.15) is 43.1 Å². The Morgan fingerprint density at radius 2 is 1.91 bits per heavy atom. The first-order valence-corrected chi connectivity index (χ1v) is 7.47. The van der Waals surface area contributed by atoms with Gasteiger partial charge in [-0.05, 0) is 34.1 Å². The van der Waals surface area contributed by atoms with E-state index in [0.29, 0.717) is 29.9 Å². The first kappa shape index (κ1) is 19.5. The molecule has 0 spiro atoms. The molecule has 0 radical (unpaired) electrons. The van der Waals surface area contributed by atoms with Crippen molar-refractivity contribution in [1.82, 2.24) is 14.7 Å². The lowest BCUT2D eigenvalue weighted by atomic mass is 9.97. The Morgan fingerprint density at radius 3 is 2.39 bits per heavy atom. The second kappa shape index (κ2) is 7.33. The number of aliphatic hydroxyl groups excluding tert-OH is 1. The molecule has 0 aliphatic rings. The molecule has 1 aromatic rings. The van der Waals surface area contributed by atoms with Crippen molar-refractivity contribution in [3.63, 3.8) is 0 Å². The molecule has 1 rings (SSSR count). The van der Waals surface area contributed by atoms with E-state index in [1.54, 1.807) is 34.7 Å². The summed E-state index contributed by atoms with van der Waals surface area (Å²) in [5.74, 6) is -0.792. The molecule has 1 heterocycles. The number of likely N-dealkylation sites (N-methyl/N-ethyl adjacent to an activating group) is 1. The van der Waals surface area contributed by atoms with Gasteiger partial charge < -0.3 is 10.0 Å². The third-order valence-corrected chi connectivity index (χ3v) is 3.83. The fourth-order valence-corrected chi connectivity index (χ4v) is 2.61. The summed E-state index contributed by atoms with van der Waals surface area (Å²) in [6.45, 7) is 5.66. The van der Waals surface area contributed by atoms with Gasteiger partial charge in [-0.2, -0.15) is 18.3 Å². The fourth-order valence-electron chi connectivity index (χ4n) is 2.61. The van der Waals surface area contributed by atoms with Crippen LogP contribution in [0.4, 0.5) is 13.2 Å². The van der Waals surface area contributed by atoms with Crippen molar-refractivity contribution >= 4 is 5.91 Å². The summed E-state index contributed by atoms with van der Waals surface area (Å²) >= 11 is 0. The summed E-state index contributed by atoms with van der Waals surface area (Å²) < 4.78 is 38.6. The topological polar surface area (TPSA) is 58.4 Å². The summed E-state index contributed by atoms with van der Waals surface area (Å²) in [5, 5.41) is 13.2. The molecule has 0 saturated heterocycles. The average molecular weight is 335 g/mol. The normalized spacial score (nSPS) is 14.7. The van der Waals surface area contributed by atoms with Crippen LogP contribution in [0.15, 0.2) is 0 Å². The zero-order chi connectivity index (χ0) is 17.9. The van der Waals surface area contributed by atoms with Crippen molar-refractivity contribution < 1.29 is 23.1 Å². The number of halogens is 3. The number of carbonyl (C=O) groups excluding carboxylic acids is 1. The molecule has 1 aromatic heterocycles. The van der Waals surface area contributed by atoms with Gasteiger partial charge in [-0.15, -0.1) is 0 Å². The Bertz CT molecular complexity index is 553. The van der Waals surface area contributed by atoms with Gasteiger partial charge in [0.2, 0.25) is 5.91 Å². The molecular formula is C15H24F3N3O2. The highest BCUT2D eigenvalue weighted by atomic mass is 19.4. The zero-order valence-corrected chi connectivity index (χ0v) is 14.1. The number of hydrogen-bond acceptors (Lipinski definition) is 3. The van der Waals surface area contributed by atoms with Gasteiger partial charge in [0.15, 0.2) is 0 Å². The molecule has 1 amide bonds. The van der Waals surface area contributed by atoms with E-state index in [1.165, 1.54) is 4.90 Å². The van der Waals surface area contributed by atoms with Crippen molar-refractivity contribution in [3.8, 4) is 0 Å². The number of hydrogen-bond donors (Lipinski definition) is 1. The highest BCUT2D eigenvalue weighted by molar-refractivity contribution is 5.83. The fraction of sp³-hybridized carbons (Fsp3) is 0.733. The predicted molar refractivity (Wildman–Crippen MR) is 80.1 cm³/mol. The van der Waals surface area contributed by atoms with Crippen molar-refractivity contribution in [3.05, 3.63) is 17.0 Å². The van der Waals surface area contributed by atoms with E-state index in [0.717, 1.165) is 4.68 Å². The largest absolute Gasteiger partial charge is 0.408 e. The molecule has 132 valence electrons. The predicted octanol–water partition coefficient (Wildman–Crippen LogP) is 2.40. The first-order chi connectivity index (χ1) is 10.4. The summed E-state index contributed by atoms with van der Waals surface area (Å²) in [6.07, 6.45) is -4.43. The Morgan fingerprint density at radius 1 is 1.35 bits per heavy atom. The minimum atomic E-state index is -4.36. The second-order valence-electron chi connectivity index (χ2n) is 5.98. The van der Waals surface area contributed by atoms with Crippen LogP contribution in [-0.4, -0.2) is 51.6 Å². The molecule has 5 nitrogen and oxygen atoms in total. The first-order valence-electron chi connectivity index (χ1n) is 7.47. The van der Waals surface area contributed by atoms with E-state index in [-0.39, 0.29) is 5.91 Å². The van der Waals surface area contributed by atoms with Gasteiger partial charge in [0, 0.05) is 24.8 Å².